The number of rotatable bonds is 16. The van der Waals surface area contributed by atoms with E-state index in [0.29, 0.717) is 0 Å². The minimum absolute atomic E-state index is 0.0668. The van der Waals surface area contributed by atoms with Crippen molar-refractivity contribution in [3.8, 4) is 0 Å². The van der Waals surface area contributed by atoms with Crippen LogP contribution in [0.25, 0.3) is 0 Å². The zero-order chi connectivity index (χ0) is 19.3. The molecule has 1 nitrogen and oxygen atoms in total. The predicted octanol–water partition coefficient (Wildman–Crippen LogP) is 8.59. The van der Waals surface area contributed by atoms with Crippen LogP contribution in [0.15, 0.2) is 0 Å². The van der Waals surface area contributed by atoms with E-state index in [1.54, 1.807) is 0 Å². The lowest BCUT2D eigenvalue weighted by Crippen LogP contribution is -2.44. The second-order valence-electron chi connectivity index (χ2n) is 9.16. The summed E-state index contributed by atoms with van der Waals surface area (Å²) >= 11 is 0. The van der Waals surface area contributed by atoms with Gasteiger partial charge in [-0.1, -0.05) is 92.9 Å². The highest BCUT2D eigenvalue weighted by Crippen LogP contribution is 2.32. The van der Waals surface area contributed by atoms with Gasteiger partial charge in [0.15, 0.2) is 8.32 Å². The van der Waals surface area contributed by atoms with Crippen molar-refractivity contribution in [2.45, 2.75) is 137 Å². The van der Waals surface area contributed by atoms with Crippen LogP contribution in [0.4, 0.5) is 0 Å². The minimum Gasteiger partial charge on any atom is -0.412 e. The third-order valence-electron chi connectivity index (χ3n) is 6.60. The summed E-state index contributed by atoms with van der Waals surface area (Å²) in [6, 6.07) is 3.78. The maximum atomic E-state index is 6.76. The Morgan fingerprint density at radius 1 is 0.720 bits per heavy atom. The Bertz CT molecular complexity index is 301. The first-order valence-corrected chi connectivity index (χ1v) is 14.0. The van der Waals surface area contributed by atoms with Crippen molar-refractivity contribution in [3.63, 3.8) is 0 Å². The third-order valence-corrected chi connectivity index (χ3v) is 11.5. The van der Waals surface area contributed by atoms with Gasteiger partial charge in [-0.2, -0.15) is 0 Å². The fraction of sp³-hybridized carbons (Fsp3) is 1.00. The van der Waals surface area contributed by atoms with Crippen LogP contribution in [0.5, 0.6) is 0 Å². The van der Waals surface area contributed by atoms with E-state index in [1.165, 1.54) is 75.9 Å². The van der Waals surface area contributed by atoms with E-state index in [-0.39, 0.29) is 5.60 Å². The van der Waals surface area contributed by atoms with Crippen molar-refractivity contribution < 1.29 is 4.43 Å². The van der Waals surface area contributed by atoms with E-state index in [0.717, 1.165) is 11.8 Å². The Labute approximate surface area is 161 Å². The molecular formula is C23H50OSi. The Morgan fingerprint density at radius 3 is 1.68 bits per heavy atom. The zero-order valence-electron chi connectivity index (χ0n) is 19.0. The molecule has 0 aliphatic heterocycles. The van der Waals surface area contributed by atoms with Crippen molar-refractivity contribution in [1.82, 2.24) is 0 Å². The van der Waals surface area contributed by atoms with Gasteiger partial charge in [0.05, 0.1) is 5.60 Å². The summed E-state index contributed by atoms with van der Waals surface area (Å²) in [5.74, 6) is 1.73. The standard InChI is InChI=1S/C23H50OSi/c1-9-13-14-15-16-18-21(5)22(6)19-17-20-23(7,8)24-25(10-2,11-3)12-4/h21-22H,9-20H2,1-8H3/t21?,22-/m1/s1. The van der Waals surface area contributed by atoms with Gasteiger partial charge in [0.2, 0.25) is 0 Å². The molecule has 0 rings (SSSR count). The molecule has 2 atom stereocenters. The average molecular weight is 371 g/mol. The molecule has 0 aromatic rings. The average Bonchev–Trinajstić information content (AvgIpc) is 2.59. The largest absolute Gasteiger partial charge is 0.412 e. The van der Waals surface area contributed by atoms with E-state index in [9.17, 15) is 0 Å². The van der Waals surface area contributed by atoms with Crippen LogP contribution in [-0.2, 0) is 4.43 Å². The first-order valence-electron chi connectivity index (χ1n) is 11.5. The van der Waals surface area contributed by atoms with Gasteiger partial charge >= 0.3 is 0 Å². The lowest BCUT2D eigenvalue weighted by atomic mass is 9.86. The minimum atomic E-state index is -1.48. The number of hydrogen-bond acceptors (Lipinski definition) is 1. The van der Waals surface area contributed by atoms with Gasteiger partial charge in [-0.15, -0.1) is 0 Å². The van der Waals surface area contributed by atoms with Gasteiger partial charge < -0.3 is 4.43 Å². The van der Waals surface area contributed by atoms with Crippen molar-refractivity contribution in [2.75, 3.05) is 0 Å². The Hall–Kier alpha value is 0.177. The molecule has 152 valence electrons. The lowest BCUT2D eigenvalue weighted by molar-refractivity contribution is 0.0805. The molecule has 0 amide bonds. The van der Waals surface area contributed by atoms with Gasteiger partial charge in [-0.05, 0) is 50.2 Å². The van der Waals surface area contributed by atoms with Gasteiger partial charge in [-0.3, -0.25) is 0 Å². The van der Waals surface area contributed by atoms with Crippen LogP contribution in [0.2, 0.25) is 18.1 Å². The highest BCUT2D eigenvalue weighted by atomic mass is 28.4. The molecule has 0 aromatic carbocycles. The SMILES string of the molecule is CCCCCCCC(C)[C@H](C)CCCC(C)(C)O[Si](CC)(CC)CC. The van der Waals surface area contributed by atoms with Crippen LogP contribution in [0.3, 0.4) is 0 Å². The number of unbranched alkanes of at least 4 members (excludes halogenated alkanes) is 4. The van der Waals surface area contributed by atoms with Crippen LogP contribution in [-0.4, -0.2) is 13.9 Å². The van der Waals surface area contributed by atoms with Gasteiger partial charge in [0.1, 0.15) is 0 Å². The van der Waals surface area contributed by atoms with Crippen LogP contribution in [0.1, 0.15) is 113 Å². The molecule has 0 aliphatic rings. The maximum Gasteiger partial charge on any atom is 0.192 e. The molecule has 0 fully saturated rings. The van der Waals surface area contributed by atoms with Crippen LogP contribution >= 0.6 is 0 Å². The zero-order valence-corrected chi connectivity index (χ0v) is 20.0. The molecule has 0 radical (unpaired) electrons. The normalized spacial score (nSPS) is 15.4. The molecule has 2 heteroatoms. The summed E-state index contributed by atoms with van der Waals surface area (Å²) in [5, 5.41) is 0. The second kappa shape index (κ2) is 13.4. The molecule has 0 N–H and O–H groups in total. The summed E-state index contributed by atoms with van der Waals surface area (Å²) < 4.78 is 6.76. The van der Waals surface area contributed by atoms with E-state index in [4.69, 9.17) is 4.43 Å². The quantitative estimate of drug-likeness (QED) is 0.195. The van der Waals surface area contributed by atoms with Gasteiger partial charge in [0.25, 0.3) is 0 Å². The Kier molecular flexibility index (Phi) is 13.5. The summed E-state index contributed by atoms with van der Waals surface area (Å²) in [6.07, 6.45) is 12.4. The topological polar surface area (TPSA) is 9.23 Å². The van der Waals surface area contributed by atoms with E-state index in [1.807, 2.05) is 0 Å². The fourth-order valence-corrected chi connectivity index (χ4v) is 7.30. The summed E-state index contributed by atoms with van der Waals surface area (Å²) in [7, 11) is -1.48. The highest BCUT2D eigenvalue weighted by molar-refractivity contribution is 6.73. The van der Waals surface area contributed by atoms with Crippen molar-refractivity contribution >= 4 is 8.32 Å². The molecule has 0 aliphatic carbocycles. The summed E-state index contributed by atoms with van der Waals surface area (Å²) in [5.41, 5.74) is 0.0668. The highest BCUT2D eigenvalue weighted by Gasteiger charge is 2.35. The van der Waals surface area contributed by atoms with Crippen molar-refractivity contribution in [3.05, 3.63) is 0 Å². The van der Waals surface area contributed by atoms with Crippen LogP contribution in [0, 0.1) is 11.8 Å². The Morgan fingerprint density at radius 2 is 1.20 bits per heavy atom. The predicted molar refractivity (Wildman–Crippen MR) is 118 cm³/mol. The molecular weight excluding hydrogens is 320 g/mol. The molecule has 1 unspecified atom stereocenters. The molecule has 0 heterocycles. The van der Waals surface area contributed by atoms with E-state index >= 15 is 0 Å². The van der Waals surface area contributed by atoms with E-state index < -0.39 is 8.32 Å². The second-order valence-corrected chi connectivity index (χ2v) is 13.8. The van der Waals surface area contributed by atoms with Crippen molar-refractivity contribution in [2.24, 2.45) is 11.8 Å². The summed E-state index contributed by atoms with van der Waals surface area (Å²) in [4.78, 5) is 0. The molecule has 0 bridgehead atoms. The molecule has 0 aromatic heterocycles. The number of hydrogen-bond donors (Lipinski definition) is 0. The maximum absolute atomic E-state index is 6.76. The lowest BCUT2D eigenvalue weighted by Gasteiger charge is -2.38. The molecule has 0 saturated heterocycles. The summed E-state index contributed by atoms with van der Waals surface area (Å²) in [6.45, 7) is 18.9. The first-order chi connectivity index (χ1) is 11.8. The monoisotopic (exact) mass is 370 g/mol. The molecule has 0 saturated carbocycles. The van der Waals surface area contributed by atoms with Gasteiger partial charge in [0, 0.05) is 0 Å². The first kappa shape index (κ1) is 25.2. The smallest absolute Gasteiger partial charge is 0.192 e. The third kappa shape index (κ3) is 10.8. The van der Waals surface area contributed by atoms with Gasteiger partial charge in [-0.25, -0.2) is 0 Å². The molecule has 0 spiro atoms. The molecule has 25 heavy (non-hydrogen) atoms. The van der Waals surface area contributed by atoms with Crippen LogP contribution < -0.4 is 0 Å². The Balaban J connectivity index is 4.13. The fourth-order valence-electron chi connectivity index (χ4n) is 4.09. The van der Waals surface area contributed by atoms with Crippen molar-refractivity contribution in [1.29, 1.82) is 0 Å². The van der Waals surface area contributed by atoms with E-state index in [2.05, 4.69) is 55.4 Å².